The standard InChI is InChI=1S/C30H41FO7/c1-25(2,3)15-24(35)36-16-22(34)30-23(37-26(4,5)38-30)13-20-19-9-8-17-12-18(32)10-11-27(17,6)29(19,31)21(33)14-28(20,30)7/h10-12,19-21,23,33H,8-9,13-16H2,1-7H3/t19?,20?,21?,23?,27-,28-,29-,30+/m0/s1. The van der Waals surface area contributed by atoms with Crippen LogP contribution in [0.4, 0.5) is 4.39 Å². The molecule has 0 amide bonds. The van der Waals surface area contributed by atoms with Crippen molar-refractivity contribution >= 4 is 17.5 Å². The van der Waals surface area contributed by atoms with E-state index in [0.29, 0.717) is 24.8 Å². The zero-order chi connectivity index (χ0) is 28.1. The molecule has 5 aliphatic rings. The minimum absolute atomic E-state index is 0.0209. The van der Waals surface area contributed by atoms with Gasteiger partial charge in [-0.25, -0.2) is 4.39 Å². The number of carbonyl (C=O) groups excluding carboxylic acids is 3. The number of rotatable bonds is 4. The maximum absolute atomic E-state index is 17.4. The maximum atomic E-state index is 17.4. The Morgan fingerprint density at radius 1 is 1.18 bits per heavy atom. The van der Waals surface area contributed by atoms with Gasteiger partial charge in [-0.05, 0) is 69.9 Å². The van der Waals surface area contributed by atoms with Gasteiger partial charge in [-0.2, -0.15) is 0 Å². The monoisotopic (exact) mass is 532 g/mol. The summed E-state index contributed by atoms with van der Waals surface area (Å²) in [6.07, 6.45) is 3.96. The van der Waals surface area contributed by atoms with E-state index in [9.17, 15) is 19.5 Å². The third-order valence-electron chi connectivity index (χ3n) is 10.1. The van der Waals surface area contributed by atoms with Crippen molar-refractivity contribution in [3.63, 3.8) is 0 Å². The molecule has 1 heterocycles. The van der Waals surface area contributed by atoms with E-state index in [2.05, 4.69) is 0 Å². The summed E-state index contributed by atoms with van der Waals surface area (Å²) in [6.45, 7) is 12.4. The van der Waals surface area contributed by atoms with Gasteiger partial charge < -0.3 is 19.3 Å². The zero-order valence-electron chi connectivity index (χ0n) is 23.6. The number of aliphatic hydroxyl groups is 1. The van der Waals surface area contributed by atoms with Crippen molar-refractivity contribution in [2.45, 2.75) is 110 Å². The van der Waals surface area contributed by atoms with E-state index in [1.54, 1.807) is 26.8 Å². The van der Waals surface area contributed by atoms with Crippen LogP contribution in [0.25, 0.3) is 0 Å². The van der Waals surface area contributed by atoms with Gasteiger partial charge in [0.2, 0.25) is 5.78 Å². The largest absolute Gasteiger partial charge is 0.458 e. The molecule has 8 heteroatoms. The van der Waals surface area contributed by atoms with E-state index in [0.717, 1.165) is 0 Å². The molecule has 3 saturated carbocycles. The molecule has 0 radical (unpaired) electrons. The second kappa shape index (κ2) is 8.31. The number of halogens is 1. The number of ketones is 2. The van der Waals surface area contributed by atoms with Crippen LogP contribution in [0.3, 0.4) is 0 Å². The third kappa shape index (κ3) is 3.66. The number of esters is 1. The van der Waals surface area contributed by atoms with Crippen molar-refractivity contribution in [1.82, 2.24) is 0 Å². The number of carbonyl (C=O) groups is 3. The normalized spacial score (nSPS) is 45.0. The van der Waals surface area contributed by atoms with Crippen LogP contribution in [0.1, 0.15) is 80.6 Å². The molecule has 1 aliphatic heterocycles. The lowest BCUT2D eigenvalue weighted by Crippen LogP contribution is -2.70. The minimum Gasteiger partial charge on any atom is -0.458 e. The average Bonchev–Trinajstić information content (AvgIpc) is 3.18. The van der Waals surface area contributed by atoms with E-state index in [-0.39, 0.29) is 30.0 Å². The number of aliphatic hydroxyl groups excluding tert-OH is 1. The summed E-state index contributed by atoms with van der Waals surface area (Å²) in [6, 6.07) is 0. The molecule has 7 nitrogen and oxygen atoms in total. The van der Waals surface area contributed by atoms with Gasteiger partial charge in [0.25, 0.3) is 0 Å². The van der Waals surface area contributed by atoms with Gasteiger partial charge in [-0.1, -0.05) is 39.3 Å². The number of ether oxygens (including phenoxy) is 3. The quantitative estimate of drug-likeness (QED) is 0.536. The van der Waals surface area contributed by atoms with Gasteiger partial charge >= 0.3 is 5.97 Å². The lowest BCUT2D eigenvalue weighted by Gasteiger charge is -2.62. The van der Waals surface area contributed by atoms with Crippen LogP contribution in [0.15, 0.2) is 23.8 Å². The lowest BCUT2D eigenvalue weighted by atomic mass is 9.44. The number of alkyl halides is 1. The Balaban J connectivity index is 1.51. The predicted octanol–water partition coefficient (Wildman–Crippen LogP) is 4.41. The maximum Gasteiger partial charge on any atom is 0.306 e. The van der Waals surface area contributed by atoms with Crippen molar-refractivity contribution < 1.29 is 38.1 Å². The van der Waals surface area contributed by atoms with Crippen LogP contribution in [0.2, 0.25) is 0 Å². The highest BCUT2D eigenvalue weighted by atomic mass is 19.1. The van der Waals surface area contributed by atoms with Crippen LogP contribution in [-0.4, -0.2) is 58.5 Å². The SMILES string of the molecule is CC(C)(C)CC(=O)OCC(=O)[C@@]12OC(C)(C)OC1CC1C3CCC4=CC(=O)C=C[C@]4(C)[C@@]3(F)C(O)C[C@@]12C. The molecule has 4 unspecified atom stereocenters. The lowest BCUT2D eigenvalue weighted by molar-refractivity contribution is -0.246. The molecule has 4 fully saturated rings. The van der Waals surface area contributed by atoms with E-state index in [4.69, 9.17) is 14.2 Å². The molecule has 38 heavy (non-hydrogen) atoms. The number of fused-ring (bicyclic) bond motifs is 7. The Morgan fingerprint density at radius 3 is 2.53 bits per heavy atom. The Morgan fingerprint density at radius 2 is 1.87 bits per heavy atom. The highest BCUT2D eigenvalue weighted by Gasteiger charge is 2.80. The van der Waals surface area contributed by atoms with Gasteiger partial charge in [0, 0.05) is 16.7 Å². The van der Waals surface area contributed by atoms with Crippen molar-refractivity contribution in [3.05, 3.63) is 23.8 Å². The Bertz CT molecular complexity index is 1130. The van der Waals surface area contributed by atoms with Crippen molar-refractivity contribution in [2.24, 2.45) is 28.1 Å². The van der Waals surface area contributed by atoms with Crippen molar-refractivity contribution in [3.8, 4) is 0 Å². The number of allylic oxidation sites excluding steroid dienone is 4. The second-order valence-electron chi connectivity index (χ2n) is 14.2. The number of Topliss-reactive ketones (excluding diaryl/α,β-unsaturated/α-hetero) is 1. The molecule has 0 aromatic carbocycles. The van der Waals surface area contributed by atoms with Gasteiger partial charge in [0.05, 0.1) is 18.6 Å². The molecular formula is C30H41FO7. The van der Waals surface area contributed by atoms with Crippen LogP contribution in [-0.2, 0) is 28.6 Å². The molecule has 0 aromatic rings. The summed E-state index contributed by atoms with van der Waals surface area (Å²) in [7, 11) is 0. The summed E-state index contributed by atoms with van der Waals surface area (Å²) in [4.78, 5) is 38.6. The summed E-state index contributed by atoms with van der Waals surface area (Å²) >= 11 is 0. The number of hydrogen-bond donors (Lipinski definition) is 1. The fourth-order valence-electron chi connectivity index (χ4n) is 8.55. The summed E-state index contributed by atoms with van der Waals surface area (Å²) < 4.78 is 35.6. The van der Waals surface area contributed by atoms with Crippen molar-refractivity contribution in [2.75, 3.05) is 6.61 Å². The van der Waals surface area contributed by atoms with E-state index < -0.39 is 64.4 Å². The molecular weight excluding hydrogens is 491 g/mol. The van der Waals surface area contributed by atoms with Crippen LogP contribution in [0.5, 0.6) is 0 Å². The molecule has 4 aliphatic carbocycles. The first-order valence-electron chi connectivity index (χ1n) is 13.8. The topological polar surface area (TPSA) is 99.1 Å². The fourth-order valence-corrected chi connectivity index (χ4v) is 8.55. The summed E-state index contributed by atoms with van der Waals surface area (Å²) in [5, 5.41) is 11.6. The first-order valence-corrected chi connectivity index (χ1v) is 13.8. The van der Waals surface area contributed by atoms with Crippen LogP contribution >= 0.6 is 0 Å². The highest BCUT2D eigenvalue weighted by Crippen LogP contribution is 2.72. The van der Waals surface area contributed by atoms with Gasteiger partial charge in [0.15, 0.2) is 29.4 Å². The first-order chi connectivity index (χ1) is 17.4. The molecule has 1 saturated heterocycles. The van der Waals surface area contributed by atoms with Crippen LogP contribution < -0.4 is 0 Å². The zero-order valence-corrected chi connectivity index (χ0v) is 23.6. The van der Waals surface area contributed by atoms with Gasteiger partial charge in [-0.15, -0.1) is 0 Å². The Kier molecular flexibility index (Phi) is 6.05. The summed E-state index contributed by atoms with van der Waals surface area (Å²) in [5.74, 6) is -3.02. The third-order valence-corrected chi connectivity index (χ3v) is 10.1. The fraction of sp³-hybridized carbons (Fsp3) is 0.767. The predicted molar refractivity (Wildman–Crippen MR) is 137 cm³/mol. The molecule has 0 aromatic heterocycles. The van der Waals surface area contributed by atoms with Gasteiger partial charge in [0.1, 0.15) is 0 Å². The molecule has 5 rings (SSSR count). The minimum atomic E-state index is -2.02. The van der Waals surface area contributed by atoms with Crippen LogP contribution in [0, 0.1) is 28.1 Å². The first kappa shape index (κ1) is 27.7. The van der Waals surface area contributed by atoms with Gasteiger partial charge in [-0.3, -0.25) is 14.4 Å². The second-order valence-corrected chi connectivity index (χ2v) is 14.2. The molecule has 210 valence electrons. The molecule has 8 atom stereocenters. The molecule has 0 bridgehead atoms. The summed E-state index contributed by atoms with van der Waals surface area (Å²) in [5.41, 5.74) is -5.17. The smallest absolute Gasteiger partial charge is 0.306 e. The molecule has 0 spiro atoms. The van der Waals surface area contributed by atoms with E-state index in [1.165, 1.54) is 12.2 Å². The van der Waals surface area contributed by atoms with E-state index >= 15 is 4.39 Å². The van der Waals surface area contributed by atoms with Crippen molar-refractivity contribution in [1.29, 1.82) is 0 Å². The number of hydrogen-bond acceptors (Lipinski definition) is 7. The van der Waals surface area contributed by atoms with E-state index in [1.807, 2.05) is 27.7 Å². The Hall–Kier alpha value is -1.90. The molecule has 1 N–H and O–H groups in total. The average molecular weight is 533 g/mol. The highest BCUT2D eigenvalue weighted by molar-refractivity contribution is 6.01. The Labute approximate surface area is 224 Å².